The van der Waals surface area contributed by atoms with Gasteiger partial charge in [-0.2, -0.15) is 0 Å². The molecule has 4 rings (SSSR count). The van der Waals surface area contributed by atoms with Crippen LogP contribution in [0.15, 0.2) is 0 Å². The van der Waals surface area contributed by atoms with Gasteiger partial charge < -0.3 is 84.6 Å². The number of aliphatic hydroxyl groups is 1. The maximum atomic E-state index is 11.4. The highest BCUT2D eigenvalue weighted by molar-refractivity contribution is 5.70. The third kappa shape index (κ3) is 38.2. The van der Waals surface area contributed by atoms with Crippen LogP contribution in [0.4, 0.5) is 0 Å². The minimum absolute atomic E-state index is 0. The van der Waals surface area contributed by atoms with Crippen molar-refractivity contribution in [2.45, 2.75) is 146 Å². The standard InChI is InChI=1S/C14H28NO4.C13H26NO3.C12H23NO3.C10H20N2O2.CH4.3CH3/c1-4-6-15(7-5-14(17)18-9-8-15)10-13(16)11-19-12(2)3;1-11(2)17-10-12(3)9-14(4)6-5-13(15)16-8-7-14;1-10(2)16-9-11(3)8-13-5-4-12(14)15-7-6-13;1-9(2)11-4-6-12-5-3-10(13)14-8-7-12;;;;/h12-13,16H,4-11H2,1-3H3;11-12H,5-10H2,1-4H3;10-11H,4-9H2,1-3H3;9,11H,3-8H2,1-2H3;1H4;3*1H3/q2*+1;;;;3*-1/p+2. The van der Waals surface area contributed by atoms with E-state index in [9.17, 15) is 24.3 Å². The maximum Gasteiger partial charge on any atom is 0.311 e. The van der Waals surface area contributed by atoms with Crippen LogP contribution < -0.4 is 15.1 Å². The predicted molar refractivity (Wildman–Crippen MR) is 281 cm³/mol. The Balaban J connectivity index is -0.000000409. The van der Waals surface area contributed by atoms with Gasteiger partial charge in [0.25, 0.3) is 0 Å². The minimum Gasteiger partial charge on any atom is -0.460 e. The van der Waals surface area contributed by atoms with Crippen LogP contribution in [0.2, 0.25) is 0 Å². The summed E-state index contributed by atoms with van der Waals surface area (Å²) in [5.41, 5.74) is 0. The summed E-state index contributed by atoms with van der Waals surface area (Å²) < 4.78 is 38.6. The molecule has 7 unspecified atom stereocenters. The van der Waals surface area contributed by atoms with Gasteiger partial charge in [0.2, 0.25) is 0 Å². The summed E-state index contributed by atoms with van der Waals surface area (Å²) >= 11 is 0. The second-order valence-electron chi connectivity index (χ2n) is 20.4. The molecule has 4 saturated heterocycles. The number of quaternary nitrogens is 4. The Morgan fingerprint density at radius 3 is 1.57 bits per heavy atom. The van der Waals surface area contributed by atoms with Crippen LogP contribution in [0.25, 0.3) is 0 Å². The van der Waals surface area contributed by atoms with E-state index in [-0.39, 0.29) is 65.8 Å². The third-order valence-corrected chi connectivity index (χ3v) is 11.9. The number of hydrogen-bond acceptors (Lipinski definition) is 13. The number of likely N-dealkylation sites (N-methyl/N-ethyl adjacent to an activating group) is 1. The molecule has 0 amide bonds. The van der Waals surface area contributed by atoms with Gasteiger partial charge in [0.15, 0.2) is 0 Å². The lowest BCUT2D eigenvalue weighted by molar-refractivity contribution is -0.929. The predicted octanol–water partition coefficient (Wildman–Crippen LogP) is 3.07. The molecule has 0 aromatic carbocycles. The number of rotatable bonds is 21. The summed E-state index contributed by atoms with van der Waals surface area (Å²) in [6.45, 7) is 39.9. The molecule has 4 heterocycles. The monoisotopic (exact) mass is 1010 g/mol. The van der Waals surface area contributed by atoms with Gasteiger partial charge in [-0.1, -0.05) is 42.0 Å². The van der Waals surface area contributed by atoms with E-state index in [0.717, 1.165) is 114 Å². The number of carbonyl (C=O) groups excluding carboxylic acids is 4. The number of hydrogen-bond donors (Lipinski definition) is 4. The molecule has 0 saturated carbocycles. The molecule has 4 aliphatic heterocycles. The summed E-state index contributed by atoms with van der Waals surface area (Å²) in [5, 5.41) is 13.5. The van der Waals surface area contributed by atoms with Crippen LogP contribution in [-0.4, -0.2) is 213 Å². The van der Waals surface area contributed by atoms with Crippen LogP contribution in [0.1, 0.15) is 116 Å². The molecule has 17 heteroatoms. The summed E-state index contributed by atoms with van der Waals surface area (Å²) in [4.78, 5) is 47.5. The van der Waals surface area contributed by atoms with Crippen LogP contribution in [0.5, 0.6) is 0 Å². The number of esters is 4. The second kappa shape index (κ2) is 41.9. The van der Waals surface area contributed by atoms with Gasteiger partial charge in [-0.25, -0.2) is 0 Å². The van der Waals surface area contributed by atoms with E-state index < -0.39 is 6.10 Å². The Kier molecular flexibility index (Phi) is 44.4. The van der Waals surface area contributed by atoms with Crippen LogP contribution in [0, 0.1) is 34.1 Å². The Labute approximate surface area is 429 Å². The smallest absolute Gasteiger partial charge is 0.311 e. The average Bonchev–Trinajstić information content (AvgIpc) is 3.73. The molecule has 0 radical (unpaired) electrons. The molecule has 4 aliphatic rings. The van der Waals surface area contributed by atoms with E-state index in [4.69, 9.17) is 33.2 Å². The highest BCUT2D eigenvalue weighted by Crippen LogP contribution is 2.16. The molecule has 70 heavy (non-hydrogen) atoms. The van der Waals surface area contributed by atoms with Gasteiger partial charge in [0.1, 0.15) is 65.3 Å². The fraction of sp³-hybridized carbons (Fsp3) is 0.868. The quantitative estimate of drug-likeness (QED) is 0.0573. The van der Waals surface area contributed by atoms with Gasteiger partial charge in [-0.15, -0.1) is 0 Å². The zero-order valence-electron chi connectivity index (χ0n) is 46.8. The van der Waals surface area contributed by atoms with Gasteiger partial charge in [0, 0.05) is 24.4 Å². The molecule has 0 aliphatic carbocycles. The normalized spacial score (nSPS) is 24.0. The van der Waals surface area contributed by atoms with Crippen molar-refractivity contribution >= 4 is 23.9 Å². The van der Waals surface area contributed by atoms with Gasteiger partial charge in [-0.3, -0.25) is 19.2 Å². The second-order valence-corrected chi connectivity index (χ2v) is 20.4. The summed E-state index contributed by atoms with van der Waals surface area (Å²) in [6.07, 6.45) is 3.36. The van der Waals surface area contributed by atoms with Crippen molar-refractivity contribution < 1.29 is 76.2 Å². The SMILES string of the molecule is C.CC(C)NCC[NH+]1CCOC(=O)CC1.CC(COC(C)C)C[N+]1(C)CCOC(=O)CC1.CC(COC(C)C)C[NH+]1CCOC(=O)CC1.CCC[N+]1(CC(O)COC(C)C)CCOC(=O)CC1.[CH3-].[CH3-].[CH3-]. The number of carbonyl (C=O) groups is 4. The molecule has 17 nitrogen and oxygen atoms in total. The van der Waals surface area contributed by atoms with E-state index in [1.165, 1.54) is 9.80 Å². The number of aliphatic hydroxyl groups excluding tert-OH is 1. The molecule has 0 aromatic rings. The van der Waals surface area contributed by atoms with Gasteiger partial charge >= 0.3 is 23.9 Å². The summed E-state index contributed by atoms with van der Waals surface area (Å²) in [6, 6.07) is 0.541. The van der Waals surface area contributed by atoms with Crippen LogP contribution >= 0.6 is 0 Å². The van der Waals surface area contributed by atoms with Gasteiger partial charge in [-0.05, 0) is 48.0 Å². The number of nitrogens with one attached hydrogen (secondary N) is 3. The van der Waals surface area contributed by atoms with E-state index in [1.54, 1.807) is 0 Å². The highest BCUT2D eigenvalue weighted by atomic mass is 16.5. The molecule has 4 N–H and O–H groups in total. The average molecular weight is 1010 g/mol. The zero-order chi connectivity index (χ0) is 49.5. The zero-order valence-corrected chi connectivity index (χ0v) is 46.8. The molecule has 4 fully saturated rings. The van der Waals surface area contributed by atoms with Crippen molar-refractivity contribution in [3.05, 3.63) is 22.3 Å². The van der Waals surface area contributed by atoms with Crippen LogP contribution in [-0.2, 0) is 52.3 Å². The molecular formula is C53H112N5O12+. The highest BCUT2D eigenvalue weighted by Gasteiger charge is 2.34. The van der Waals surface area contributed by atoms with Crippen molar-refractivity contribution in [1.29, 1.82) is 0 Å². The van der Waals surface area contributed by atoms with E-state index in [1.807, 2.05) is 13.8 Å². The Morgan fingerprint density at radius 1 is 0.586 bits per heavy atom. The lowest BCUT2D eigenvalue weighted by Crippen LogP contribution is -3.13. The van der Waals surface area contributed by atoms with Crippen molar-refractivity contribution in [2.24, 2.45) is 11.8 Å². The van der Waals surface area contributed by atoms with Crippen molar-refractivity contribution in [3.8, 4) is 0 Å². The topological polar surface area (TPSA) is 174 Å². The number of ether oxygens (including phenoxy) is 7. The molecule has 420 valence electrons. The lowest BCUT2D eigenvalue weighted by atomic mass is 10.1. The first-order chi connectivity index (χ1) is 31.1. The third-order valence-electron chi connectivity index (χ3n) is 11.9. The molecule has 0 spiro atoms. The molecule has 0 aromatic heterocycles. The number of nitrogens with zero attached hydrogens (tertiary/aromatic N) is 2. The fourth-order valence-electron chi connectivity index (χ4n) is 8.38. The van der Waals surface area contributed by atoms with Crippen LogP contribution in [0.3, 0.4) is 0 Å². The first-order valence-corrected chi connectivity index (χ1v) is 25.4. The summed E-state index contributed by atoms with van der Waals surface area (Å²) in [7, 11) is 2.20. The van der Waals surface area contributed by atoms with E-state index >= 15 is 0 Å². The Bertz CT molecular complexity index is 1330. The largest absolute Gasteiger partial charge is 0.460 e. The summed E-state index contributed by atoms with van der Waals surface area (Å²) in [5.74, 6) is 0.765. The maximum absolute atomic E-state index is 11.4. The number of cyclic esters (lactones) is 4. The first kappa shape index (κ1) is 74.0. The first-order valence-electron chi connectivity index (χ1n) is 25.4. The lowest BCUT2D eigenvalue weighted by Gasteiger charge is -2.38. The molecular weight excluding hydrogens is 899 g/mol. The van der Waals surface area contributed by atoms with E-state index in [0.29, 0.717) is 89.2 Å². The fourth-order valence-corrected chi connectivity index (χ4v) is 8.38. The molecule has 7 atom stereocenters. The van der Waals surface area contributed by atoms with E-state index in [2.05, 4.69) is 74.7 Å². The van der Waals surface area contributed by atoms with Crippen molar-refractivity contribution in [1.82, 2.24) is 5.32 Å². The van der Waals surface area contributed by atoms with Gasteiger partial charge in [0.05, 0.1) is 123 Å². The van der Waals surface area contributed by atoms with Crippen molar-refractivity contribution in [2.75, 3.05) is 145 Å². The Morgan fingerprint density at radius 2 is 1.04 bits per heavy atom. The van der Waals surface area contributed by atoms with Crippen molar-refractivity contribution in [3.63, 3.8) is 0 Å². The Hall–Kier alpha value is -2.48. The molecule has 0 bridgehead atoms. The minimum atomic E-state index is -0.484.